The Balaban J connectivity index is 2.12. The molecule has 1 aromatic carbocycles. The Morgan fingerprint density at radius 1 is 1.33 bits per heavy atom. The van der Waals surface area contributed by atoms with Gasteiger partial charge in [-0.2, -0.15) is 0 Å². The fraction of sp³-hybridized carbons (Fsp3) is 0.533. The van der Waals surface area contributed by atoms with Crippen LogP contribution in [0.3, 0.4) is 0 Å². The number of aryl methyl sites for hydroxylation is 2. The molecule has 3 heteroatoms. The van der Waals surface area contributed by atoms with Gasteiger partial charge in [-0.05, 0) is 37.5 Å². The summed E-state index contributed by atoms with van der Waals surface area (Å²) in [6.07, 6.45) is 1.28. The highest BCUT2D eigenvalue weighted by molar-refractivity contribution is 5.79. The van der Waals surface area contributed by atoms with E-state index >= 15 is 0 Å². The molecule has 0 spiro atoms. The lowest BCUT2D eigenvalue weighted by Crippen LogP contribution is -2.40. The molecule has 1 heterocycles. The van der Waals surface area contributed by atoms with E-state index in [4.69, 9.17) is 0 Å². The SMILES string of the molecule is Cc1cc(CN2CCC(=O)CC2C)cc(C)c1F. The van der Waals surface area contributed by atoms with Gasteiger partial charge in [-0.25, -0.2) is 4.39 Å². The van der Waals surface area contributed by atoms with Gasteiger partial charge in [-0.3, -0.25) is 9.69 Å². The molecule has 0 aromatic heterocycles. The van der Waals surface area contributed by atoms with Crippen LogP contribution in [0.4, 0.5) is 4.39 Å². The van der Waals surface area contributed by atoms with Gasteiger partial charge in [0, 0.05) is 32.0 Å². The molecular weight excluding hydrogens is 229 g/mol. The normalized spacial score (nSPS) is 21.3. The molecule has 0 aliphatic carbocycles. The minimum absolute atomic E-state index is 0.111. The van der Waals surface area contributed by atoms with Gasteiger partial charge in [0.25, 0.3) is 0 Å². The Labute approximate surface area is 108 Å². The van der Waals surface area contributed by atoms with Crippen molar-refractivity contribution in [1.29, 1.82) is 0 Å². The average Bonchev–Trinajstić information content (AvgIpc) is 2.29. The standard InChI is InChI=1S/C15H20FNO/c1-10-6-13(7-11(2)15(10)16)9-17-5-4-14(18)8-12(17)3/h6-7,12H,4-5,8-9H2,1-3H3. The Kier molecular flexibility index (Phi) is 3.81. The number of carbonyl (C=O) groups is 1. The van der Waals surface area contributed by atoms with Gasteiger partial charge in [-0.15, -0.1) is 0 Å². The number of rotatable bonds is 2. The van der Waals surface area contributed by atoms with Gasteiger partial charge < -0.3 is 0 Å². The van der Waals surface area contributed by atoms with Crippen molar-refractivity contribution in [1.82, 2.24) is 4.90 Å². The first-order chi connectivity index (χ1) is 8.47. The first-order valence-corrected chi connectivity index (χ1v) is 6.48. The lowest BCUT2D eigenvalue weighted by atomic mass is 10.00. The number of hydrogen-bond acceptors (Lipinski definition) is 2. The Hall–Kier alpha value is -1.22. The van der Waals surface area contributed by atoms with Crippen LogP contribution in [-0.2, 0) is 11.3 Å². The van der Waals surface area contributed by atoms with E-state index in [0.717, 1.165) is 18.7 Å². The molecule has 0 bridgehead atoms. The number of Topliss-reactive ketones (excluding diaryl/α,β-unsaturated/α-hetero) is 1. The second-order valence-electron chi connectivity index (χ2n) is 5.36. The fourth-order valence-corrected chi connectivity index (χ4v) is 2.65. The smallest absolute Gasteiger partial charge is 0.135 e. The van der Waals surface area contributed by atoms with E-state index in [1.165, 1.54) is 0 Å². The summed E-state index contributed by atoms with van der Waals surface area (Å²) in [7, 11) is 0. The number of likely N-dealkylation sites (tertiary alicyclic amines) is 1. The third-order valence-corrected chi connectivity index (χ3v) is 3.71. The van der Waals surface area contributed by atoms with Crippen molar-refractivity contribution in [3.05, 3.63) is 34.6 Å². The molecule has 1 aliphatic rings. The van der Waals surface area contributed by atoms with Crippen molar-refractivity contribution >= 4 is 5.78 Å². The zero-order valence-electron chi connectivity index (χ0n) is 11.3. The van der Waals surface area contributed by atoms with Crippen molar-refractivity contribution in [3.63, 3.8) is 0 Å². The van der Waals surface area contributed by atoms with E-state index in [2.05, 4.69) is 11.8 Å². The minimum atomic E-state index is -0.111. The summed E-state index contributed by atoms with van der Waals surface area (Å²) in [6, 6.07) is 4.11. The number of halogens is 1. The lowest BCUT2D eigenvalue weighted by Gasteiger charge is -2.32. The molecule has 1 saturated heterocycles. The molecular formula is C15H20FNO. The average molecular weight is 249 g/mol. The topological polar surface area (TPSA) is 20.3 Å². The summed E-state index contributed by atoms with van der Waals surface area (Å²) in [5.41, 5.74) is 2.53. The largest absolute Gasteiger partial charge is 0.300 e. The van der Waals surface area contributed by atoms with Gasteiger partial charge >= 0.3 is 0 Å². The van der Waals surface area contributed by atoms with Crippen LogP contribution in [0.15, 0.2) is 12.1 Å². The van der Waals surface area contributed by atoms with Crippen LogP contribution in [-0.4, -0.2) is 23.3 Å². The molecule has 0 saturated carbocycles. The molecule has 1 aliphatic heterocycles. The first kappa shape index (κ1) is 13.2. The van der Waals surface area contributed by atoms with Crippen molar-refractivity contribution in [2.24, 2.45) is 0 Å². The van der Waals surface area contributed by atoms with Crippen molar-refractivity contribution in [3.8, 4) is 0 Å². The summed E-state index contributed by atoms with van der Waals surface area (Å²) >= 11 is 0. The predicted molar refractivity (Wildman–Crippen MR) is 70.0 cm³/mol. The van der Waals surface area contributed by atoms with Gasteiger partial charge in [0.1, 0.15) is 11.6 Å². The molecule has 1 atom stereocenters. The van der Waals surface area contributed by atoms with E-state index < -0.39 is 0 Å². The number of ketones is 1. The van der Waals surface area contributed by atoms with E-state index in [-0.39, 0.29) is 11.9 Å². The number of carbonyl (C=O) groups excluding carboxylic acids is 1. The molecule has 0 amide bonds. The maximum atomic E-state index is 13.6. The van der Waals surface area contributed by atoms with Crippen molar-refractivity contribution in [2.45, 2.75) is 46.2 Å². The van der Waals surface area contributed by atoms with E-state index in [9.17, 15) is 9.18 Å². The van der Waals surface area contributed by atoms with Crippen molar-refractivity contribution in [2.75, 3.05) is 6.54 Å². The molecule has 0 radical (unpaired) electrons. The highest BCUT2D eigenvalue weighted by Gasteiger charge is 2.23. The lowest BCUT2D eigenvalue weighted by molar-refractivity contribution is -0.123. The number of piperidine rings is 1. The molecule has 1 fully saturated rings. The highest BCUT2D eigenvalue weighted by atomic mass is 19.1. The summed E-state index contributed by atoms with van der Waals surface area (Å²) in [4.78, 5) is 13.6. The molecule has 18 heavy (non-hydrogen) atoms. The monoisotopic (exact) mass is 249 g/mol. The third kappa shape index (κ3) is 2.78. The number of hydrogen-bond donors (Lipinski definition) is 0. The molecule has 2 rings (SSSR count). The van der Waals surface area contributed by atoms with Gasteiger partial charge in [0.15, 0.2) is 0 Å². The molecule has 1 aromatic rings. The summed E-state index contributed by atoms with van der Waals surface area (Å²) in [5, 5.41) is 0. The van der Waals surface area contributed by atoms with Crippen LogP contribution in [0, 0.1) is 19.7 Å². The second-order valence-corrected chi connectivity index (χ2v) is 5.36. The minimum Gasteiger partial charge on any atom is -0.300 e. The molecule has 1 unspecified atom stereocenters. The van der Waals surface area contributed by atoms with Crippen LogP contribution in [0.5, 0.6) is 0 Å². The van der Waals surface area contributed by atoms with Gasteiger partial charge in [0.05, 0.1) is 0 Å². The van der Waals surface area contributed by atoms with E-state index in [1.807, 2.05) is 12.1 Å². The number of benzene rings is 1. The molecule has 98 valence electrons. The maximum Gasteiger partial charge on any atom is 0.135 e. The van der Waals surface area contributed by atoms with Gasteiger partial charge in [-0.1, -0.05) is 12.1 Å². The van der Waals surface area contributed by atoms with E-state index in [1.54, 1.807) is 13.8 Å². The van der Waals surface area contributed by atoms with Crippen LogP contribution >= 0.6 is 0 Å². The Morgan fingerprint density at radius 3 is 2.50 bits per heavy atom. The Morgan fingerprint density at radius 2 is 1.94 bits per heavy atom. The predicted octanol–water partition coefficient (Wildman–Crippen LogP) is 3.00. The summed E-state index contributed by atoms with van der Waals surface area (Å²) in [5.74, 6) is 0.242. The third-order valence-electron chi connectivity index (χ3n) is 3.71. The quantitative estimate of drug-likeness (QED) is 0.803. The first-order valence-electron chi connectivity index (χ1n) is 6.48. The maximum absolute atomic E-state index is 13.6. The van der Waals surface area contributed by atoms with Crippen LogP contribution in [0.2, 0.25) is 0 Å². The van der Waals surface area contributed by atoms with Crippen LogP contribution in [0.1, 0.15) is 36.5 Å². The molecule has 0 N–H and O–H groups in total. The second kappa shape index (κ2) is 5.19. The molecule has 2 nitrogen and oxygen atoms in total. The summed E-state index contributed by atoms with van der Waals surface area (Å²) < 4.78 is 13.6. The summed E-state index contributed by atoms with van der Waals surface area (Å²) in [6.45, 7) is 7.30. The van der Waals surface area contributed by atoms with Crippen LogP contribution < -0.4 is 0 Å². The van der Waals surface area contributed by atoms with Crippen LogP contribution in [0.25, 0.3) is 0 Å². The number of nitrogens with zero attached hydrogens (tertiary/aromatic N) is 1. The van der Waals surface area contributed by atoms with Gasteiger partial charge in [0.2, 0.25) is 0 Å². The van der Waals surface area contributed by atoms with E-state index in [0.29, 0.717) is 29.8 Å². The highest BCUT2D eigenvalue weighted by Crippen LogP contribution is 2.20. The fourth-order valence-electron chi connectivity index (χ4n) is 2.65. The van der Waals surface area contributed by atoms with Crippen molar-refractivity contribution < 1.29 is 9.18 Å². The zero-order chi connectivity index (χ0) is 13.3. The zero-order valence-corrected chi connectivity index (χ0v) is 11.3. The Bertz CT molecular complexity index is 447.